The van der Waals surface area contributed by atoms with E-state index in [1.807, 2.05) is 0 Å². The number of aliphatic hydroxyl groups is 1. The average molecular weight is 366 g/mol. The second-order valence-corrected chi connectivity index (χ2v) is 5.64. The highest BCUT2D eigenvalue weighted by Crippen LogP contribution is 2.34. The Morgan fingerprint density at radius 1 is 1.27 bits per heavy atom. The molecule has 2 aromatic rings. The number of carbonyl (C=O) groups excluding carboxylic acids is 2. The molecule has 0 aromatic carbocycles. The first-order chi connectivity index (χ1) is 12.4. The highest BCUT2D eigenvalue weighted by atomic mass is 16.6. The fourth-order valence-corrected chi connectivity index (χ4v) is 2.76. The lowest BCUT2D eigenvalue weighted by Gasteiger charge is -2.21. The van der Waals surface area contributed by atoms with Gasteiger partial charge >= 0.3 is 11.9 Å². The molecule has 4 unspecified atom stereocenters. The third kappa shape index (κ3) is 3.30. The van der Waals surface area contributed by atoms with Gasteiger partial charge in [-0.2, -0.15) is 4.98 Å². The number of rotatable bonds is 5. The van der Waals surface area contributed by atoms with Crippen molar-refractivity contribution in [1.82, 2.24) is 19.5 Å². The van der Waals surface area contributed by atoms with Crippen LogP contribution in [-0.4, -0.2) is 68.6 Å². The second kappa shape index (κ2) is 7.22. The minimum absolute atomic E-state index is 0.185. The molecule has 0 spiro atoms. The van der Waals surface area contributed by atoms with Gasteiger partial charge in [-0.25, -0.2) is 9.97 Å². The summed E-state index contributed by atoms with van der Waals surface area (Å²) in [5, 5.41) is 10.5. The predicted molar refractivity (Wildman–Crippen MR) is 84.0 cm³/mol. The zero-order valence-corrected chi connectivity index (χ0v) is 14.4. The van der Waals surface area contributed by atoms with Gasteiger partial charge in [-0.1, -0.05) is 0 Å². The molecular formula is C15H18N4O7. The van der Waals surface area contributed by atoms with Crippen molar-refractivity contribution >= 4 is 23.1 Å². The maximum atomic E-state index is 11.5. The maximum Gasteiger partial charge on any atom is 0.303 e. The summed E-state index contributed by atoms with van der Waals surface area (Å²) in [7, 11) is 1.45. The number of aromatic nitrogens is 4. The molecular weight excluding hydrogens is 348 g/mol. The minimum Gasteiger partial charge on any atom is -0.479 e. The molecule has 11 nitrogen and oxygen atoms in total. The first-order valence-corrected chi connectivity index (χ1v) is 7.78. The van der Waals surface area contributed by atoms with Gasteiger partial charge in [0.1, 0.15) is 25.1 Å². The van der Waals surface area contributed by atoms with Gasteiger partial charge < -0.3 is 24.1 Å². The number of esters is 2. The highest BCUT2D eigenvalue weighted by Gasteiger charge is 2.48. The summed E-state index contributed by atoms with van der Waals surface area (Å²) in [5.41, 5.74) is 0.762. The summed E-state index contributed by atoms with van der Waals surface area (Å²) in [4.78, 5) is 34.8. The van der Waals surface area contributed by atoms with Crippen LogP contribution in [0.25, 0.3) is 11.2 Å². The molecule has 11 heteroatoms. The van der Waals surface area contributed by atoms with Crippen molar-refractivity contribution in [2.45, 2.75) is 38.4 Å². The van der Waals surface area contributed by atoms with Crippen molar-refractivity contribution in [2.75, 3.05) is 13.7 Å². The molecule has 0 aliphatic carbocycles. The number of fused-ring (bicyclic) bond motifs is 1. The van der Waals surface area contributed by atoms with Crippen LogP contribution in [0.1, 0.15) is 20.1 Å². The van der Waals surface area contributed by atoms with Gasteiger partial charge in [0.15, 0.2) is 23.5 Å². The molecule has 0 saturated carbocycles. The van der Waals surface area contributed by atoms with Gasteiger partial charge in [0.2, 0.25) is 5.88 Å². The first-order valence-electron chi connectivity index (χ1n) is 7.78. The molecule has 4 atom stereocenters. The van der Waals surface area contributed by atoms with Gasteiger partial charge in [-0.15, -0.1) is 0 Å². The highest BCUT2D eigenvalue weighted by molar-refractivity contribution is 5.76. The number of carbonyl (C=O) groups is 2. The SMILES string of the molecule is COc1ncnc2c1ncn2C1OC(COC(C)=O)C(O)C1OC(C)=O. The third-order valence-electron chi connectivity index (χ3n) is 3.86. The number of imidazole rings is 1. The van der Waals surface area contributed by atoms with E-state index in [2.05, 4.69) is 15.0 Å². The smallest absolute Gasteiger partial charge is 0.303 e. The maximum absolute atomic E-state index is 11.5. The standard InChI is InChI=1S/C15H18N4O7/c1-7(20)24-4-9-11(22)12(25-8(2)21)15(26-9)19-6-18-10-13(19)16-5-17-14(10)23-3/h5-6,9,11-12,15,22H,4H2,1-3H3. The van der Waals surface area contributed by atoms with E-state index in [1.165, 1.54) is 38.2 Å². The normalized spacial score (nSPS) is 25.2. The Kier molecular flexibility index (Phi) is 5.00. The summed E-state index contributed by atoms with van der Waals surface area (Å²) < 4.78 is 22.6. The number of aliphatic hydroxyl groups excluding tert-OH is 1. The molecule has 1 saturated heterocycles. The van der Waals surface area contributed by atoms with Crippen LogP contribution in [0.5, 0.6) is 5.88 Å². The van der Waals surface area contributed by atoms with E-state index in [0.29, 0.717) is 11.2 Å². The molecule has 0 amide bonds. The average Bonchev–Trinajstić information content (AvgIpc) is 3.15. The Morgan fingerprint density at radius 2 is 2.04 bits per heavy atom. The van der Waals surface area contributed by atoms with Crippen LogP contribution in [0.2, 0.25) is 0 Å². The van der Waals surface area contributed by atoms with Crippen LogP contribution in [0, 0.1) is 0 Å². The van der Waals surface area contributed by atoms with E-state index in [-0.39, 0.29) is 12.5 Å². The topological polar surface area (TPSA) is 135 Å². The minimum atomic E-state index is -1.20. The van der Waals surface area contributed by atoms with Crippen molar-refractivity contribution in [2.24, 2.45) is 0 Å². The molecule has 0 radical (unpaired) electrons. The number of methoxy groups -OCH3 is 1. The third-order valence-corrected chi connectivity index (χ3v) is 3.86. The lowest BCUT2D eigenvalue weighted by atomic mass is 10.1. The van der Waals surface area contributed by atoms with Gasteiger partial charge in [-0.3, -0.25) is 14.2 Å². The van der Waals surface area contributed by atoms with Crippen LogP contribution in [-0.2, 0) is 23.8 Å². The van der Waals surface area contributed by atoms with E-state index < -0.39 is 36.5 Å². The quantitative estimate of drug-likeness (QED) is 0.696. The molecule has 1 aliphatic heterocycles. The number of hydrogen-bond donors (Lipinski definition) is 1. The monoisotopic (exact) mass is 366 g/mol. The van der Waals surface area contributed by atoms with Crippen molar-refractivity contribution in [1.29, 1.82) is 0 Å². The lowest BCUT2D eigenvalue weighted by molar-refractivity contribution is -0.155. The number of nitrogens with zero attached hydrogens (tertiary/aromatic N) is 4. The summed E-state index contributed by atoms with van der Waals surface area (Å²) in [6, 6.07) is 0. The summed E-state index contributed by atoms with van der Waals surface area (Å²) >= 11 is 0. The van der Waals surface area contributed by atoms with Crippen molar-refractivity contribution in [3.05, 3.63) is 12.7 Å². The van der Waals surface area contributed by atoms with Crippen LogP contribution in [0.3, 0.4) is 0 Å². The Labute approximate surface area is 147 Å². The van der Waals surface area contributed by atoms with Crippen LogP contribution in [0.15, 0.2) is 12.7 Å². The molecule has 2 aromatic heterocycles. The molecule has 3 rings (SSSR count). The van der Waals surface area contributed by atoms with Gasteiger partial charge in [0.05, 0.1) is 13.4 Å². The van der Waals surface area contributed by atoms with E-state index in [0.717, 1.165) is 0 Å². The van der Waals surface area contributed by atoms with E-state index in [4.69, 9.17) is 18.9 Å². The summed E-state index contributed by atoms with van der Waals surface area (Å²) in [5.74, 6) is -0.834. The van der Waals surface area contributed by atoms with Gasteiger partial charge in [0, 0.05) is 13.8 Å². The second-order valence-electron chi connectivity index (χ2n) is 5.64. The van der Waals surface area contributed by atoms with E-state index >= 15 is 0 Å². The Hall–Kier alpha value is -2.79. The lowest BCUT2D eigenvalue weighted by Crippen LogP contribution is -2.37. The molecule has 0 bridgehead atoms. The number of ether oxygens (including phenoxy) is 4. The fraction of sp³-hybridized carbons (Fsp3) is 0.533. The largest absolute Gasteiger partial charge is 0.479 e. The van der Waals surface area contributed by atoms with Gasteiger partial charge in [0.25, 0.3) is 0 Å². The molecule has 1 aliphatic rings. The molecule has 26 heavy (non-hydrogen) atoms. The van der Waals surface area contributed by atoms with Crippen LogP contribution < -0.4 is 4.74 Å². The summed E-state index contributed by atoms with van der Waals surface area (Å²) in [6.45, 7) is 2.28. The summed E-state index contributed by atoms with van der Waals surface area (Å²) in [6.07, 6.45) is -1.32. The van der Waals surface area contributed by atoms with Crippen LogP contribution in [0.4, 0.5) is 0 Å². The fourth-order valence-electron chi connectivity index (χ4n) is 2.76. The Morgan fingerprint density at radius 3 is 2.69 bits per heavy atom. The van der Waals surface area contributed by atoms with E-state index in [1.54, 1.807) is 0 Å². The van der Waals surface area contributed by atoms with Gasteiger partial charge in [-0.05, 0) is 0 Å². The van der Waals surface area contributed by atoms with Crippen molar-refractivity contribution in [3.8, 4) is 5.88 Å². The first kappa shape index (κ1) is 18.0. The Balaban J connectivity index is 1.95. The van der Waals surface area contributed by atoms with Crippen LogP contribution >= 0.6 is 0 Å². The van der Waals surface area contributed by atoms with Crippen molar-refractivity contribution in [3.63, 3.8) is 0 Å². The molecule has 140 valence electrons. The van der Waals surface area contributed by atoms with E-state index in [9.17, 15) is 14.7 Å². The molecule has 1 N–H and O–H groups in total. The molecule has 1 fully saturated rings. The molecule has 3 heterocycles. The predicted octanol–water partition coefficient (Wildman–Crippen LogP) is -0.412. The number of hydrogen-bond acceptors (Lipinski definition) is 10. The Bertz CT molecular complexity index is 823. The van der Waals surface area contributed by atoms with Crippen molar-refractivity contribution < 1.29 is 33.6 Å². The zero-order chi connectivity index (χ0) is 18.8. The zero-order valence-electron chi connectivity index (χ0n) is 14.4.